The molecule has 9 heteroatoms. The second kappa shape index (κ2) is 7.54. The van der Waals surface area contributed by atoms with E-state index in [9.17, 15) is 9.59 Å². The van der Waals surface area contributed by atoms with Gasteiger partial charge < -0.3 is 14.7 Å². The number of likely N-dealkylation sites (tertiary alicyclic amines) is 1. The van der Waals surface area contributed by atoms with Gasteiger partial charge in [-0.15, -0.1) is 0 Å². The van der Waals surface area contributed by atoms with Crippen molar-refractivity contribution in [3.8, 4) is 5.75 Å². The summed E-state index contributed by atoms with van der Waals surface area (Å²) in [6.07, 6.45) is 4.03. The molecule has 1 aliphatic heterocycles. The Labute approximate surface area is 178 Å². The van der Waals surface area contributed by atoms with Crippen LogP contribution in [-0.2, 0) is 0 Å². The minimum atomic E-state index is -1.15. The van der Waals surface area contributed by atoms with Gasteiger partial charge >= 0.3 is 12.0 Å². The van der Waals surface area contributed by atoms with Gasteiger partial charge in [0.15, 0.2) is 5.69 Å². The van der Waals surface area contributed by atoms with Gasteiger partial charge in [-0.25, -0.2) is 9.59 Å². The van der Waals surface area contributed by atoms with E-state index >= 15 is 0 Å². The van der Waals surface area contributed by atoms with Gasteiger partial charge in [0.05, 0.1) is 6.10 Å². The maximum Gasteiger partial charge on any atom is 0.356 e. The van der Waals surface area contributed by atoms with Crippen molar-refractivity contribution in [2.24, 2.45) is 11.3 Å². The van der Waals surface area contributed by atoms with Crippen molar-refractivity contribution in [3.05, 3.63) is 46.2 Å². The van der Waals surface area contributed by atoms with Crippen LogP contribution in [-0.4, -0.2) is 51.0 Å². The van der Waals surface area contributed by atoms with E-state index in [0.29, 0.717) is 34.8 Å². The summed E-state index contributed by atoms with van der Waals surface area (Å²) in [7, 11) is 0. The van der Waals surface area contributed by atoms with Gasteiger partial charge in [0.2, 0.25) is 0 Å². The highest BCUT2D eigenvalue weighted by atomic mass is 35.5. The molecule has 0 spiro atoms. The molecule has 1 aromatic carbocycles. The fourth-order valence-electron chi connectivity index (χ4n) is 4.70. The molecule has 2 heterocycles. The molecule has 1 saturated carbocycles. The summed E-state index contributed by atoms with van der Waals surface area (Å²) < 4.78 is 7.26. The highest BCUT2D eigenvalue weighted by Gasteiger charge is 2.53. The number of hydrogen-bond acceptors (Lipinski definition) is 4. The number of hydrogen-bond donors (Lipinski definition) is 1. The van der Waals surface area contributed by atoms with Crippen molar-refractivity contribution in [2.75, 3.05) is 13.1 Å². The Morgan fingerprint density at radius 2 is 2.03 bits per heavy atom. The third-order valence-corrected chi connectivity index (χ3v) is 6.55. The molecule has 0 unspecified atom stereocenters. The van der Waals surface area contributed by atoms with Crippen LogP contribution in [0.15, 0.2) is 30.5 Å². The van der Waals surface area contributed by atoms with E-state index in [1.807, 2.05) is 0 Å². The molecule has 1 N–H and O–H groups in total. The maximum atomic E-state index is 12.8. The van der Waals surface area contributed by atoms with Crippen LogP contribution in [0.4, 0.5) is 4.79 Å². The second-order valence-electron chi connectivity index (χ2n) is 7.81. The molecule has 2 fully saturated rings. The highest BCUT2D eigenvalue weighted by molar-refractivity contribution is 6.34. The Morgan fingerprint density at radius 3 is 2.62 bits per heavy atom. The van der Waals surface area contributed by atoms with Crippen LogP contribution in [0.5, 0.6) is 5.75 Å². The lowest BCUT2D eigenvalue weighted by Gasteiger charge is -2.27. The van der Waals surface area contributed by atoms with Gasteiger partial charge in [0.25, 0.3) is 0 Å². The summed E-state index contributed by atoms with van der Waals surface area (Å²) in [5, 5.41) is 13.9. The van der Waals surface area contributed by atoms with Crippen molar-refractivity contribution < 1.29 is 19.4 Å². The molecule has 154 valence electrons. The molecular formula is C20H21Cl2N3O4. The monoisotopic (exact) mass is 437 g/mol. The quantitative estimate of drug-likeness (QED) is 0.764. The zero-order valence-electron chi connectivity index (χ0n) is 15.8. The lowest BCUT2D eigenvalue weighted by atomic mass is 9.78. The number of ether oxygens (including phenoxy) is 1. The number of carbonyl (C=O) groups is 2. The number of nitrogens with zero attached hydrogens (tertiary/aromatic N) is 3. The van der Waals surface area contributed by atoms with E-state index < -0.39 is 5.97 Å². The maximum absolute atomic E-state index is 12.8. The Morgan fingerprint density at radius 1 is 1.31 bits per heavy atom. The first-order chi connectivity index (χ1) is 13.8. The van der Waals surface area contributed by atoms with Gasteiger partial charge in [0, 0.05) is 29.3 Å². The Bertz CT molecular complexity index is 943. The fraction of sp³-hybridized carbons (Fsp3) is 0.450. The van der Waals surface area contributed by atoms with Crippen molar-refractivity contribution in [1.82, 2.24) is 14.7 Å². The van der Waals surface area contributed by atoms with E-state index in [-0.39, 0.29) is 23.2 Å². The second-order valence-corrected chi connectivity index (χ2v) is 8.68. The zero-order valence-corrected chi connectivity index (χ0v) is 17.4. The van der Waals surface area contributed by atoms with Crippen LogP contribution in [0.25, 0.3) is 0 Å². The number of amides is 1. The molecule has 1 saturated heterocycles. The zero-order chi connectivity index (χ0) is 20.8. The van der Waals surface area contributed by atoms with Crippen molar-refractivity contribution in [3.63, 3.8) is 0 Å². The standard InChI is InChI=1S/C20H21Cl2N3O4/c1-2-20-9-16(29-15-7-13(21)6-14(22)8-15)5-12(20)10-24(11-20)19(28)25-4-3-17(23-25)18(26)27/h3-4,6-8,12,16H,2,5,9-11H2,1H3,(H,26,27)/t12-,16+,20+/m0/s1. The molecule has 4 rings (SSSR count). The number of rotatable bonds is 4. The van der Waals surface area contributed by atoms with Gasteiger partial charge in [0.1, 0.15) is 5.75 Å². The smallest absolute Gasteiger partial charge is 0.356 e. The van der Waals surface area contributed by atoms with Gasteiger partial charge in [-0.2, -0.15) is 9.78 Å². The highest BCUT2D eigenvalue weighted by Crippen LogP contribution is 2.52. The first kappa shape index (κ1) is 20.0. The molecule has 1 aromatic heterocycles. The van der Waals surface area contributed by atoms with Crippen molar-refractivity contribution >= 4 is 35.2 Å². The predicted molar refractivity (Wildman–Crippen MR) is 108 cm³/mol. The number of fused-ring (bicyclic) bond motifs is 1. The van der Waals surface area contributed by atoms with E-state index in [0.717, 1.165) is 23.9 Å². The van der Waals surface area contributed by atoms with Crippen molar-refractivity contribution in [2.45, 2.75) is 32.3 Å². The van der Waals surface area contributed by atoms with Crippen LogP contribution in [0, 0.1) is 11.3 Å². The summed E-state index contributed by atoms with van der Waals surface area (Å²) in [5.74, 6) is -0.184. The minimum absolute atomic E-state index is 0.0223. The molecule has 2 aliphatic rings. The first-order valence-corrected chi connectivity index (χ1v) is 10.3. The number of carboxylic acid groups (broad SMARTS) is 1. The normalized spacial score (nSPS) is 25.8. The molecule has 29 heavy (non-hydrogen) atoms. The third-order valence-electron chi connectivity index (χ3n) is 6.11. The number of benzene rings is 1. The lowest BCUT2D eigenvalue weighted by Crippen LogP contribution is -2.36. The first-order valence-electron chi connectivity index (χ1n) is 9.50. The van der Waals surface area contributed by atoms with Gasteiger partial charge in [-0.3, -0.25) is 0 Å². The van der Waals surface area contributed by atoms with E-state index in [1.54, 1.807) is 23.1 Å². The van der Waals surface area contributed by atoms with Crippen LogP contribution >= 0.6 is 23.2 Å². The SMILES string of the molecule is CC[C@]12C[C@H](Oc3cc(Cl)cc(Cl)c3)C[C@H]1CN(C(=O)n1ccc(C(=O)O)n1)C2. The summed E-state index contributed by atoms with van der Waals surface area (Å²) in [6, 6.07) is 6.22. The number of carboxylic acids is 1. The summed E-state index contributed by atoms with van der Waals surface area (Å²) >= 11 is 12.1. The van der Waals surface area contributed by atoms with Crippen LogP contribution in [0.2, 0.25) is 10.0 Å². The average Bonchev–Trinajstić information content (AvgIpc) is 3.32. The number of aromatic carboxylic acids is 1. The van der Waals surface area contributed by atoms with E-state index in [1.165, 1.54) is 12.3 Å². The topological polar surface area (TPSA) is 84.7 Å². The Kier molecular flexibility index (Phi) is 5.21. The van der Waals surface area contributed by atoms with Crippen molar-refractivity contribution in [1.29, 1.82) is 0 Å². The molecule has 0 bridgehead atoms. The third kappa shape index (κ3) is 3.81. The lowest BCUT2D eigenvalue weighted by molar-refractivity contribution is 0.0690. The Hall–Kier alpha value is -2.25. The molecule has 2 aromatic rings. The van der Waals surface area contributed by atoms with Crippen LogP contribution in [0.1, 0.15) is 36.7 Å². The largest absolute Gasteiger partial charge is 0.490 e. The predicted octanol–water partition coefficient (Wildman–Crippen LogP) is 4.43. The molecule has 7 nitrogen and oxygen atoms in total. The van der Waals surface area contributed by atoms with Crippen LogP contribution < -0.4 is 4.74 Å². The summed E-state index contributed by atoms with van der Waals surface area (Å²) in [4.78, 5) is 25.6. The molecule has 1 amide bonds. The van der Waals surface area contributed by atoms with Gasteiger partial charge in [-0.05, 0) is 54.9 Å². The van der Waals surface area contributed by atoms with E-state index in [2.05, 4.69) is 12.0 Å². The molecule has 1 aliphatic carbocycles. The van der Waals surface area contributed by atoms with Crippen LogP contribution in [0.3, 0.4) is 0 Å². The minimum Gasteiger partial charge on any atom is -0.490 e. The average molecular weight is 438 g/mol. The number of carbonyl (C=O) groups excluding carboxylic acids is 1. The molecule has 0 radical (unpaired) electrons. The van der Waals surface area contributed by atoms with Gasteiger partial charge in [-0.1, -0.05) is 30.1 Å². The summed E-state index contributed by atoms with van der Waals surface area (Å²) in [6.45, 7) is 3.34. The fourth-order valence-corrected chi connectivity index (χ4v) is 5.21. The number of aromatic nitrogens is 2. The Balaban J connectivity index is 1.45. The molecule has 3 atom stereocenters. The summed E-state index contributed by atoms with van der Waals surface area (Å²) in [5.41, 5.74) is -0.164. The number of halogens is 2. The van der Waals surface area contributed by atoms with E-state index in [4.69, 9.17) is 33.0 Å². The molecular weight excluding hydrogens is 417 g/mol.